The van der Waals surface area contributed by atoms with Crippen LogP contribution in [-0.4, -0.2) is 0 Å². The van der Waals surface area contributed by atoms with E-state index in [4.69, 9.17) is 0 Å². The molecule has 0 spiro atoms. The predicted octanol–water partition coefficient (Wildman–Crippen LogP) is 21.2. The Bertz CT molecular complexity index is 4360. The van der Waals surface area contributed by atoms with Gasteiger partial charge >= 0.3 is 0 Å². The molecule has 0 saturated carbocycles. The van der Waals surface area contributed by atoms with Crippen LogP contribution >= 0.6 is 0 Å². The summed E-state index contributed by atoms with van der Waals surface area (Å²) in [6.07, 6.45) is 0. The van der Waals surface area contributed by atoms with Crippen molar-refractivity contribution in [1.82, 2.24) is 0 Å². The van der Waals surface area contributed by atoms with Crippen molar-refractivity contribution in [2.45, 2.75) is 0 Å². The van der Waals surface area contributed by atoms with Crippen molar-refractivity contribution < 1.29 is 0 Å². The average Bonchev–Trinajstić information content (AvgIpc) is 3.60. The van der Waals surface area contributed by atoms with Crippen LogP contribution in [0.2, 0.25) is 0 Å². The summed E-state index contributed by atoms with van der Waals surface area (Å²) in [4.78, 5) is 4.75. The molecule has 0 aromatic heterocycles. The van der Waals surface area contributed by atoms with Gasteiger partial charge in [-0.05, 0) is 218 Å². The van der Waals surface area contributed by atoms with E-state index >= 15 is 0 Å². The van der Waals surface area contributed by atoms with Crippen LogP contribution in [0.1, 0.15) is 0 Å². The third-order valence-electron chi connectivity index (χ3n) is 15.7. The van der Waals surface area contributed by atoms with Gasteiger partial charge in [0.2, 0.25) is 0 Å². The number of hydrogen-bond acceptors (Lipinski definition) is 2. The Morgan fingerprint density at radius 2 is 0.408 bits per heavy atom. The van der Waals surface area contributed by atoms with E-state index in [1.807, 2.05) is 0 Å². The maximum atomic E-state index is 2.51. The molecule has 2 nitrogen and oxygen atoms in total. The van der Waals surface area contributed by atoms with Gasteiger partial charge in [-0.15, -0.1) is 0 Å². The minimum absolute atomic E-state index is 1.11. The van der Waals surface area contributed by atoms with Crippen molar-refractivity contribution in [2.75, 3.05) is 9.80 Å². The summed E-state index contributed by atoms with van der Waals surface area (Å²) in [5.41, 5.74) is 11.5. The van der Waals surface area contributed by atoms with Crippen molar-refractivity contribution >= 4 is 120 Å². The highest BCUT2D eigenvalue weighted by molar-refractivity contribution is 6.34. The Hall–Kier alpha value is -10.0. The van der Waals surface area contributed by atoms with Crippen LogP contribution in [0.4, 0.5) is 34.1 Å². The summed E-state index contributed by atoms with van der Waals surface area (Å²) < 4.78 is 0. The Morgan fingerprint density at radius 1 is 0.145 bits per heavy atom. The molecule has 0 radical (unpaired) electrons. The molecule has 0 aliphatic heterocycles. The molecule has 0 amide bonds. The molecule has 0 heterocycles. The van der Waals surface area contributed by atoms with Gasteiger partial charge in [-0.3, -0.25) is 0 Å². The number of benzene rings is 15. The molecule has 0 bridgehead atoms. The number of rotatable bonds is 8. The molecule has 0 fully saturated rings. The lowest BCUT2D eigenvalue weighted by Gasteiger charge is -2.26. The van der Waals surface area contributed by atoms with E-state index in [0.717, 1.165) is 34.1 Å². The lowest BCUT2D eigenvalue weighted by atomic mass is 9.86. The topological polar surface area (TPSA) is 6.48 Å². The fraction of sp³-hybridized carbons (Fsp3) is 0. The Morgan fingerprint density at radius 3 is 0.776 bits per heavy atom. The molecule has 0 saturated heterocycles. The molecule has 0 atom stereocenters. The molecule has 0 unspecified atom stereocenters. The summed E-state index contributed by atoms with van der Waals surface area (Å²) in [6.45, 7) is 0. The molecule has 0 aliphatic rings. The second-order valence-electron chi connectivity index (χ2n) is 20.1. The summed E-state index contributed by atoms with van der Waals surface area (Å²) in [5, 5.41) is 19.7. The van der Waals surface area contributed by atoms with E-state index < -0.39 is 0 Å². The molecule has 76 heavy (non-hydrogen) atoms. The molecule has 0 N–H and O–H groups in total. The zero-order valence-electron chi connectivity index (χ0n) is 41.6. The Balaban J connectivity index is 1.04. The van der Waals surface area contributed by atoms with E-state index in [-0.39, 0.29) is 0 Å². The van der Waals surface area contributed by atoms with Gasteiger partial charge in [0.1, 0.15) is 0 Å². The lowest BCUT2D eigenvalue weighted by Crippen LogP contribution is -2.09. The first-order chi connectivity index (χ1) is 37.7. The number of anilines is 6. The number of hydrogen-bond donors (Lipinski definition) is 0. The van der Waals surface area contributed by atoms with Gasteiger partial charge in [-0.2, -0.15) is 0 Å². The second kappa shape index (κ2) is 17.9. The summed E-state index contributed by atoms with van der Waals surface area (Å²) in [7, 11) is 0. The van der Waals surface area contributed by atoms with Gasteiger partial charge in [0.15, 0.2) is 0 Å². The van der Waals surface area contributed by atoms with Crippen molar-refractivity contribution in [3.05, 3.63) is 291 Å². The van der Waals surface area contributed by atoms with Crippen LogP contribution in [-0.2, 0) is 0 Å². The van der Waals surface area contributed by atoms with Gasteiger partial charge in [0.05, 0.1) is 0 Å². The minimum Gasteiger partial charge on any atom is -0.310 e. The number of para-hydroxylation sites is 4. The van der Waals surface area contributed by atoms with Crippen LogP contribution in [0.5, 0.6) is 0 Å². The summed E-state index contributed by atoms with van der Waals surface area (Å²) in [5.74, 6) is 0. The first-order valence-electron chi connectivity index (χ1n) is 26.2. The molecule has 15 aromatic rings. The normalized spacial score (nSPS) is 11.7. The predicted molar refractivity (Wildman–Crippen MR) is 327 cm³/mol. The van der Waals surface area contributed by atoms with Gasteiger partial charge in [-0.25, -0.2) is 0 Å². The van der Waals surface area contributed by atoms with Gasteiger partial charge in [-0.1, -0.05) is 182 Å². The smallest absolute Gasteiger partial charge is 0.0468 e. The average molecular weight is 965 g/mol. The first-order valence-corrected chi connectivity index (χ1v) is 26.2. The Kier molecular flexibility index (Phi) is 10.2. The fourth-order valence-electron chi connectivity index (χ4n) is 12.1. The third kappa shape index (κ3) is 7.34. The highest BCUT2D eigenvalue weighted by atomic mass is 15.1. The van der Waals surface area contributed by atoms with Crippen LogP contribution in [0, 0.1) is 0 Å². The van der Waals surface area contributed by atoms with Crippen molar-refractivity contribution in [3.8, 4) is 22.3 Å². The largest absolute Gasteiger partial charge is 0.310 e. The molecule has 15 rings (SSSR count). The number of fused-ring (bicyclic) bond motifs is 14. The SMILES string of the molecule is c1ccc(N(c2ccccc2)c2ccc3c(c2)c2ccc(-c4ccc5ccccc5c4)cc2c2cc4c5ccc(N(c6ccccc6)c6ccccc6)cc5c5ccc(-c6ccc7ccccc7c6)cc5c4cc32)cc1. The second-order valence-corrected chi connectivity index (χ2v) is 20.1. The van der Waals surface area contributed by atoms with Crippen molar-refractivity contribution in [2.24, 2.45) is 0 Å². The maximum Gasteiger partial charge on any atom is 0.0468 e. The van der Waals surface area contributed by atoms with E-state index in [1.165, 1.54) is 108 Å². The van der Waals surface area contributed by atoms with E-state index in [9.17, 15) is 0 Å². The Labute approximate surface area is 441 Å². The van der Waals surface area contributed by atoms with Gasteiger partial charge in [0, 0.05) is 34.1 Å². The van der Waals surface area contributed by atoms with Crippen molar-refractivity contribution in [1.29, 1.82) is 0 Å². The molecular formula is C74H48N2. The number of nitrogens with zero attached hydrogens (tertiary/aromatic N) is 2. The fourth-order valence-corrected chi connectivity index (χ4v) is 12.1. The first kappa shape index (κ1) is 43.6. The lowest BCUT2D eigenvalue weighted by molar-refractivity contribution is 1.29. The highest BCUT2D eigenvalue weighted by Gasteiger charge is 2.21. The van der Waals surface area contributed by atoms with Crippen LogP contribution < -0.4 is 9.80 Å². The zero-order valence-corrected chi connectivity index (χ0v) is 41.6. The van der Waals surface area contributed by atoms with Crippen LogP contribution in [0.15, 0.2) is 291 Å². The molecule has 354 valence electrons. The van der Waals surface area contributed by atoms with Crippen LogP contribution in [0.3, 0.4) is 0 Å². The third-order valence-corrected chi connectivity index (χ3v) is 15.7. The summed E-state index contributed by atoms with van der Waals surface area (Å²) >= 11 is 0. The zero-order chi connectivity index (χ0) is 50.1. The molecule has 15 aromatic carbocycles. The van der Waals surface area contributed by atoms with Gasteiger partial charge in [0.25, 0.3) is 0 Å². The van der Waals surface area contributed by atoms with Gasteiger partial charge < -0.3 is 9.80 Å². The standard InChI is InChI=1S/C74H48N2/c1-5-21-57(22-6-1)75(58-23-7-2-8-24-58)61-35-39-65-69(45-61)63-37-33-55(53-31-29-49-17-13-15-19-51(49)41-53)43-67(63)73-48-72-66-40-36-62(76(59-25-9-3-10-26-59)60-27-11-4-12-28-60)46-70(66)64-38-34-56(44-68(64)74(72)47-71(65)73)54-32-30-50-18-14-16-20-52(50)42-54/h1-48H. The van der Waals surface area contributed by atoms with Crippen LogP contribution in [0.25, 0.3) is 108 Å². The van der Waals surface area contributed by atoms with E-state index in [1.54, 1.807) is 0 Å². The molecular weight excluding hydrogens is 917 g/mol. The monoisotopic (exact) mass is 964 g/mol. The molecule has 2 heteroatoms. The quantitative estimate of drug-likeness (QED) is 0.111. The highest BCUT2D eigenvalue weighted by Crippen LogP contribution is 2.47. The van der Waals surface area contributed by atoms with Crippen molar-refractivity contribution in [3.63, 3.8) is 0 Å². The molecule has 0 aliphatic carbocycles. The maximum absolute atomic E-state index is 2.51. The van der Waals surface area contributed by atoms with E-state index in [0.29, 0.717) is 0 Å². The summed E-state index contributed by atoms with van der Waals surface area (Å²) in [6, 6.07) is 107. The minimum atomic E-state index is 1.11. The van der Waals surface area contributed by atoms with E-state index in [2.05, 4.69) is 301 Å².